The molecule has 6 nitrogen and oxygen atoms in total. The van der Waals surface area contributed by atoms with Gasteiger partial charge in [0.25, 0.3) is 5.91 Å². The molecule has 0 unspecified atom stereocenters. The van der Waals surface area contributed by atoms with E-state index in [0.29, 0.717) is 24.1 Å². The van der Waals surface area contributed by atoms with Crippen LogP contribution in [0.2, 0.25) is 0 Å². The molecule has 9 heteroatoms. The number of piperidine rings is 1. The number of nitrogens with zero attached hydrogens (tertiary/aromatic N) is 3. The Bertz CT molecular complexity index is 939. The molecule has 4 heterocycles. The summed E-state index contributed by atoms with van der Waals surface area (Å²) in [5.41, 5.74) is 0.0794. The SMILES string of the molecule is C[C@@H]1CCN(C(=O)c2cc3n(n2)[C@H](C(F)(F)F)C[C@H](c2ccco2)N3)[C@@H]2CCCC[C@H]12. The van der Waals surface area contributed by atoms with Crippen molar-refractivity contribution in [1.29, 1.82) is 0 Å². The van der Waals surface area contributed by atoms with E-state index in [-0.39, 0.29) is 29.9 Å². The Morgan fingerprint density at radius 3 is 2.81 bits per heavy atom. The van der Waals surface area contributed by atoms with Crippen molar-refractivity contribution in [3.63, 3.8) is 0 Å². The van der Waals surface area contributed by atoms with E-state index < -0.39 is 18.3 Å². The van der Waals surface area contributed by atoms with Crippen LogP contribution in [0.3, 0.4) is 0 Å². The van der Waals surface area contributed by atoms with Gasteiger partial charge in [-0.15, -0.1) is 0 Å². The number of alkyl halides is 3. The zero-order chi connectivity index (χ0) is 21.8. The van der Waals surface area contributed by atoms with Crippen molar-refractivity contribution in [1.82, 2.24) is 14.7 Å². The monoisotopic (exact) mass is 436 g/mol. The first-order valence-corrected chi connectivity index (χ1v) is 11.1. The van der Waals surface area contributed by atoms with E-state index in [2.05, 4.69) is 17.3 Å². The summed E-state index contributed by atoms with van der Waals surface area (Å²) in [6, 6.07) is 2.48. The molecular weight excluding hydrogens is 409 g/mol. The number of carbonyl (C=O) groups is 1. The minimum atomic E-state index is -4.48. The first kappa shape index (κ1) is 20.5. The van der Waals surface area contributed by atoms with Crippen LogP contribution in [0.1, 0.15) is 73.8 Å². The van der Waals surface area contributed by atoms with Crippen molar-refractivity contribution in [3.05, 3.63) is 35.9 Å². The fourth-order valence-corrected chi connectivity index (χ4v) is 5.67. The zero-order valence-electron chi connectivity index (χ0n) is 17.4. The molecule has 1 saturated carbocycles. The number of anilines is 1. The third-order valence-electron chi connectivity index (χ3n) is 7.29. The average molecular weight is 436 g/mol. The number of halogens is 3. The molecule has 1 amide bonds. The molecular formula is C22H27F3N4O2. The molecule has 31 heavy (non-hydrogen) atoms. The molecule has 0 spiro atoms. The van der Waals surface area contributed by atoms with Crippen LogP contribution in [0, 0.1) is 11.8 Å². The van der Waals surface area contributed by atoms with Gasteiger partial charge in [0.2, 0.25) is 0 Å². The summed E-state index contributed by atoms with van der Waals surface area (Å²) in [6.07, 6.45) is 1.96. The molecule has 1 aliphatic carbocycles. The van der Waals surface area contributed by atoms with Crippen molar-refractivity contribution >= 4 is 11.7 Å². The lowest BCUT2D eigenvalue weighted by Crippen LogP contribution is -2.52. The highest BCUT2D eigenvalue weighted by Gasteiger charge is 2.48. The highest BCUT2D eigenvalue weighted by Crippen LogP contribution is 2.44. The number of hydrogen-bond donors (Lipinski definition) is 1. The number of fused-ring (bicyclic) bond motifs is 2. The van der Waals surface area contributed by atoms with Crippen LogP contribution in [-0.4, -0.2) is 39.4 Å². The summed E-state index contributed by atoms with van der Waals surface area (Å²) in [4.78, 5) is 15.2. The first-order valence-electron chi connectivity index (χ1n) is 11.1. The fourth-order valence-electron chi connectivity index (χ4n) is 5.67. The number of amides is 1. The number of aromatic nitrogens is 2. The van der Waals surface area contributed by atoms with Crippen LogP contribution in [0.25, 0.3) is 0 Å². The summed E-state index contributed by atoms with van der Waals surface area (Å²) in [5, 5.41) is 7.24. The Hall–Kier alpha value is -2.45. The Labute approximate surface area is 178 Å². The van der Waals surface area contributed by atoms with Gasteiger partial charge in [0, 0.05) is 25.1 Å². The maximum absolute atomic E-state index is 13.8. The van der Waals surface area contributed by atoms with Crippen molar-refractivity contribution in [2.45, 2.75) is 69.8 Å². The minimum Gasteiger partial charge on any atom is -0.467 e. The van der Waals surface area contributed by atoms with E-state index >= 15 is 0 Å². The molecule has 0 radical (unpaired) electrons. The highest BCUT2D eigenvalue weighted by molar-refractivity contribution is 5.93. The van der Waals surface area contributed by atoms with Crippen molar-refractivity contribution in [2.75, 3.05) is 11.9 Å². The Morgan fingerprint density at radius 1 is 1.26 bits per heavy atom. The molecule has 0 aromatic carbocycles. The van der Waals surface area contributed by atoms with Gasteiger partial charge in [0.1, 0.15) is 11.6 Å². The molecule has 0 bridgehead atoms. The highest BCUT2D eigenvalue weighted by atomic mass is 19.4. The van der Waals surface area contributed by atoms with Crippen molar-refractivity contribution < 1.29 is 22.4 Å². The Kier molecular flexibility index (Phi) is 5.01. The van der Waals surface area contributed by atoms with Crippen LogP contribution in [-0.2, 0) is 0 Å². The number of carbonyl (C=O) groups excluding carboxylic acids is 1. The number of nitrogens with one attached hydrogen (secondary N) is 1. The average Bonchev–Trinajstić information content (AvgIpc) is 3.42. The van der Waals surface area contributed by atoms with Gasteiger partial charge in [0.05, 0.1) is 12.3 Å². The molecule has 168 valence electrons. The predicted molar refractivity (Wildman–Crippen MR) is 108 cm³/mol. The quantitative estimate of drug-likeness (QED) is 0.705. The van der Waals surface area contributed by atoms with Crippen LogP contribution in [0.4, 0.5) is 19.0 Å². The fraction of sp³-hybridized carbons (Fsp3) is 0.636. The van der Waals surface area contributed by atoms with Gasteiger partial charge in [-0.05, 0) is 43.2 Å². The molecule has 2 aromatic heterocycles. The largest absolute Gasteiger partial charge is 0.467 e. The molecule has 2 aliphatic heterocycles. The predicted octanol–water partition coefficient (Wildman–Crippen LogP) is 5.18. The third kappa shape index (κ3) is 3.61. The van der Waals surface area contributed by atoms with Gasteiger partial charge in [-0.1, -0.05) is 19.8 Å². The number of likely N-dealkylation sites (tertiary alicyclic amines) is 1. The molecule has 2 aromatic rings. The summed E-state index contributed by atoms with van der Waals surface area (Å²) in [7, 11) is 0. The second-order valence-corrected chi connectivity index (χ2v) is 9.15. The van der Waals surface area contributed by atoms with Crippen LogP contribution in [0.5, 0.6) is 0 Å². The molecule has 1 saturated heterocycles. The Morgan fingerprint density at radius 2 is 2.06 bits per heavy atom. The maximum atomic E-state index is 13.8. The normalized spacial score (nSPS) is 31.0. The summed E-state index contributed by atoms with van der Waals surface area (Å²) >= 11 is 0. The summed E-state index contributed by atoms with van der Waals surface area (Å²) < 4.78 is 47.8. The van der Waals surface area contributed by atoms with Gasteiger partial charge in [0.15, 0.2) is 11.7 Å². The second kappa shape index (κ2) is 7.60. The molecule has 1 N–H and O–H groups in total. The third-order valence-corrected chi connectivity index (χ3v) is 7.29. The number of furan rings is 1. The Balaban J connectivity index is 1.45. The van der Waals surface area contributed by atoms with Crippen molar-refractivity contribution in [2.24, 2.45) is 11.8 Å². The van der Waals surface area contributed by atoms with Gasteiger partial charge in [-0.3, -0.25) is 4.79 Å². The lowest BCUT2D eigenvalue weighted by molar-refractivity contribution is -0.174. The smallest absolute Gasteiger partial charge is 0.410 e. The standard InChI is InChI=1S/C22H27F3N4O2/c1-13-8-9-28(17-6-3-2-5-14(13)17)21(30)16-12-20-26-15(18-7-4-10-31-18)11-19(22(23,24)25)29(20)27-16/h4,7,10,12-15,17,19,26H,2-3,5-6,8-9,11H2,1H3/t13-,14-,15-,17-,19+/m1/s1. The number of hydrogen-bond acceptors (Lipinski definition) is 4. The lowest BCUT2D eigenvalue weighted by atomic mass is 9.72. The molecule has 2 fully saturated rings. The van der Waals surface area contributed by atoms with E-state index in [1.807, 2.05) is 4.90 Å². The van der Waals surface area contributed by atoms with E-state index in [4.69, 9.17) is 4.42 Å². The van der Waals surface area contributed by atoms with Crippen molar-refractivity contribution in [3.8, 4) is 0 Å². The summed E-state index contributed by atoms with van der Waals surface area (Å²) in [5.74, 6) is 1.40. The van der Waals surface area contributed by atoms with Gasteiger partial charge in [-0.25, -0.2) is 4.68 Å². The lowest BCUT2D eigenvalue weighted by Gasteiger charge is -2.47. The number of rotatable bonds is 2. The van der Waals surface area contributed by atoms with Crippen LogP contribution in [0.15, 0.2) is 28.9 Å². The zero-order valence-corrected chi connectivity index (χ0v) is 17.4. The van der Waals surface area contributed by atoms with E-state index in [1.54, 1.807) is 12.1 Å². The summed E-state index contributed by atoms with van der Waals surface area (Å²) in [6.45, 7) is 2.88. The van der Waals surface area contributed by atoms with Gasteiger partial charge >= 0.3 is 6.18 Å². The molecule has 3 aliphatic rings. The van der Waals surface area contributed by atoms with E-state index in [0.717, 1.165) is 30.4 Å². The topological polar surface area (TPSA) is 63.3 Å². The maximum Gasteiger partial charge on any atom is 0.410 e. The van der Waals surface area contributed by atoms with E-state index in [9.17, 15) is 18.0 Å². The molecule has 5 rings (SSSR count). The first-order chi connectivity index (χ1) is 14.8. The van der Waals surface area contributed by atoms with Gasteiger partial charge in [-0.2, -0.15) is 18.3 Å². The molecule has 5 atom stereocenters. The second-order valence-electron chi connectivity index (χ2n) is 9.15. The van der Waals surface area contributed by atoms with Gasteiger partial charge < -0.3 is 14.6 Å². The van der Waals surface area contributed by atoms with Crippen LogP contribution < -0.4 is 5.32 Å². The van der Waals surface area contributed by atoms with E-state index in [1.165, 1.54) is 18.8 Å². The van der Waals surface area contributed by atoms with Crippen LogP contribution >= 0.6 is 0 Å². The minimum absolute atomic E-state index is 0.0794.